The first-order valence-electron chi connectivity index (χ1n) is 6.24. The van der Waals surface area contributed by atoms with E-state index in [1.807, 2.05) is 25.1 Å². The van der Waals surface area contributed by atoms with E-state index >= 15 is 0 Å². The van der Waals surface area contributed by atoms with Crippen molar-refractivity contribution in [2.75, 3.05) is 13.7 Å². The molecule has 0 bridgehead atoms. The topological polar surface area (TPSA) is 47.6 Å². The summed E-state index contributed by atoms with van der Waals surface area (Å²) in [6, 6.07) is 5.71. The smallest absolute Gasteiger partial charge is 0.323 e. The van der Waals surface area contributed by atoms with Gasteiger partial charge < -0.3 is 14.8 Å². The van der Waals surface area contributed by atoms with Gasteiger partial charge in [-0.15, -0.1) is 0 Å². The summed E-state index contributed by atoms with van der Waals surface area (Å²) < 4.78 is 10.6. The number of methoxy groups -OCH3 is 1. The summed E-state index contributed by atoms with van der Waals surface area (Å²) in [5, 5.41) is 3.13. The molecule has 1 N–H and O–H groups in total. The van der Waals surface area contributed by atoms with Crippen molar-refractivity contribution in [2.45, 2.75) is 32.4 Å². The molecule has 0 saturated carbocycles. The molecule has 1 unspecified atom stereocenters. The van der Waals surface area contributed by atoms with E-state index in [2.05, 4.69) is 5.32 Å². The molecule has 18 heavy (non-hydrogen) atoms. The lowest BCUT2D eigenvalue weighted by atomic mass is 10.1. The number of ether oxygens (including phenoxy) is 2. The SMILES string of the molecule is COc1ccc(C)cc1COC(=O)C1CCCN1. The molecule has 1 fully saturated rings. The average Bonchev–Trinajstić information content (AvgIpc) is 2.90. The van der Waals surface area contributed by atoms with Gasteiger partial charge in [0.25, 0.3) is 0 Å². The summed E-state index contributed by atoms with van der Waals surface area (Å²) in [6.07, 6.45) is 1.90. The molecule has 2 rings (SSSR count). The Labute approximate surface area is 107 Å². The van der Waals surface area contributed by atoms with Gasteiger partial charge >= 0.3 is 5.97 Å². The Morgan fingerprint density at radius 1 is 1.50 bits per heavy atom. The van der Waals surface area contributed by atoms with E-state index in [9.17, 15) is 4.79 Å². The van der Waals surface area contributed by atoms with E-state index in [0.29, 0.717) is 0 Å². The molecule has 0 spiro atoms. The van der Waals surface area contributed by atoms with Crippen LogP contribution < -0.4 is 10.1 Å². The van der Waals surface area contributed by atoms with Crippen LogP contribution in [0.2, 0.25) is 0 Å². The summed E-state index contributed by atoms with van der Waals surface area (Å²) in [6.45, 7) is 3.17. The Bertz CT molecular complexity index is 425. The number of rotatable bonds is 4. The lowest BCUT2D eigenvalue weighted by Crippen LogP contribution is -2.32. The van der Waals surface area contributed by atoms with Crippen molar-refractivity contribution >= 4 is 5.97 Å². The van der Waals surface area contributed by atoms with E-state index in [1.54, 1.807) is 7.11 Å². The third-order valence-electron chi connectivity index (χ3n) is 3.15. The molecule has 0 radical (unpaired) electrons. The number of hydrogen-bond donors (Lipinski definition) is 1. The van der Waals surface area contributed by atoms with Crippen LogP contribution in [-0.2, 0) is 16.1 Å². The first-order chi connectivity index (χ1) is 8.70. The largest absolute Gasteiger partial charge is 0.496 e. The number of benzene rings is 1. The zero-order valence-corrected chi connectivity index (χ0v) is 10.9. The van der Waals surface area contributed by atoms with Crippen molar-refractivity contribution in [2.24, 2.45) is 0 Å². The molecule has 1 aromatic rings. The number of aryl methyl sites for hydroxylation is 1. The van der Waals surface area contributed by atoms with Gasteiger partial charge in [-0.3, -0.25) is 4.79 Å². The Hall–Kier alpha value is -1.55. The van der Waals surface area contributed by atoms with Crippen molar-refractivity contribution in [3.8, 4) is 5.75 Å². The molecule has 1 aromatic carbocycles. The predicted molar refractivity (Wildman–Crippen MR) is 68.6 cm³/mol. The van der Waals surface area contributed by atoms with E-state index in [0.717, 1.165) is 36.3 Å². The number of esters is 1. The second-order valence-corrected chi connectivity index (χ2v) is 4.57. The zero-order valence-electron chi connectivity index (χ0n) is 10.9. The van der Waals surface area contributed by atoms with Crippen LogP contribution in [0.25, 0.3) is 0 Å². The van der Waals surface area contributed by atoms with Gasteiger partial charge in [-0.25, -0.2) is 0 Å². The third-order valence-corrected chi connectivity index (χ3v) is 3.15. The molecule has 98 valence electrons. The van der Waals surface area contributed by atoms with Gasteiger partial charge in [0.1, 0.15) is 18.4 Å². The van der Waals surface area contributed by atoms with Crippen LogP contribution in [0.4, 0.5) is 0 Å². The maximum absolute atomic E-state index is 11.8. The number of carbonyl (C=O) groups excluding carboxylic acids is 1. The van der Waals surface area contributed by atoms with Crippen LogP contribution in [0.3, 0.4) is 0 Å². The van der Waals surface area contributed by atoms with Crippen molar-refractivity contribution in [1.29, 1.82) is 0 Å². The van der Waals surface area contributed by atoms with E-state index in [4.69, 9.17) is 9.47 Å². The Balaban J connectivity index is 1.96. The van der Waals surface area contributed by atoms with Gasteiger partial charge in [0.05, 0.1) is 7.11 Å². The molecule has 0 aromatic heterocycles. The van der Waals surface area contributed by atoms with Gasteiger partial charge in [0.2, 0.25) is 0 Å². The molecule has 1 aliphatic rings. The minimum atomic E-state index is -0.170. The summed E-state index contributed by atoms with van der Waals surface area (Å²) in [4.78, 5) is 11.8. The van der Waals surface area contributed by atoms with Crippen molar-refractivity contribution in [3.05, 3.63) is 29.3 Å². The maximum Gasteiger partial charge on any atom is 0.323 e. The molecule has 1 heterocycles. The van der Waals surface area contributed by atoms with E-state index < -0.39 is 0 Å². The maximum atomic E-state index is 11.8. The fourth-order valence-electron chi connectivity index (χ4n) is 2.16. The second-order valence-electron chi connectivity index (χ2n) is 4.57. The van der Waals surface area contributed by atoms with Gasteiger partial charge in [0.15, 0.2) is 0 Å². The minimum Gasteiger partial charge on any atom is -0.496 e. The molecule has 1 aliphatic heterocycles. The highest BCUT2D eigenvalue weighted by molar-refractivity contribution is 5.76. The molecule has 4 nitrogen and oxygen atoms in total. The molecule has 1 atom stereocenters. The summed E-state index contributed by atoms with van der Waals surface area (Å²) in [5.41, 5.74) is 2.03. The highest BCUT2D eigenvalue weighted by Crippen LogP contribution is 2.21. The highest BCUT2D eigenvalue weighted by atomic mass is 16.5. The standard InChI is InChI=1S/C14H19NO3/c1-10-5-6-13(17-2)11(8-10)9-18-14(16)12-4-3-7-15-12/h5-6,8,12,15H,3-4,7,9H2,1-2H3. The lowest BCUT2D eigenvalue weighted by molar-refractivity contribution is -0.147. The average molecular weight is 249 g/mol. The van der Waals surface area contributed by atoms with Crippen molar-refractivity contribution in [1.82, 2.24) is 5.32 Å². The number of nitrogens with one attached hydrogen (secondary N) is 1. The van der Waals surface area contributed by atoms with Crippen LogP contribution in [0.1, 0.15) is 24.0 Å². The highest BCUT2D eigenvalue weighted by Gasteiger charge is 2.23. The predicted octanol–water partition coefficient (Wildman–Crippen LogP) is 1.80. The van der Waals surface area contributed by atoms with Gasteiger partial charge in [-0.1, -0.05) is 11.6 Å². The number of hydrogen-bond acceptors (Lipinski definition) is 4. The van der Waals surface area contributed by atoms with Gasteiger partial charge in [-0.05, 0) is 38.4 Å². The van der Waals surface area contributed by atoms with Crippen LogP contribution in [-0.4, -0.2) is 25.7 Å². The summed E-state index contributed by atoms with van der Waals surface area (Å²) >= 11 is 0. The molecular weight excluding hydrogens is 230 g/mol. The number of carbonyl (C=O) groups is 1. The Kier molecular flexibility index (Phi) is 4.20. The normalized spacial score (nSPS) is 18.7. The molecule has 0 aliphatic carbocycles. The monoisotopic (exact) mass is 249 g/mol. The quantitative estimate of drug-likeness (QED) is 0.827. The third kappa shape index (κ3) is 3.01. The van der Waals surface area contributed by atoms with E-state index in [1.165, 1.54) is 0 Å². The van der Waals surface area contributed by atoms with Crippen LogP contribution >= 0.6 is 0 Å². The summed E-state index contributed by atoms with van der Waals surface area (Å²) in [7, 11) is 1.62. The van der Waals surface area contributed by atoms with Crippen molar-refractivity contribution < 1.29 is 14.3 Å². The van der Waals surface area contributed by atoms with Gasteiger partial charge in [0, 0.05) is 5.56 Å². The van der Waals surface area contributed by atoms with Crippen molar-refractivity contribution in [3.63, 3.8) is 0 Å². The second kappa shape index (κ2) is 5.87. The Morgan fingerprint density at radius 2 is 2.33 bits per heavy atom. The first-order valence-corrected chi connectivity index (χ1v) is 6.24. The lowest BCUT2D eigenvalue weighted by Gasteiger charge is -2.13. The van der Waals surface area contributed by atoms with E-state index in [-0.39, 0.29) is 18.6 Å². The van der Waals surface area contributed by atoms with Crippen LogP contribution in [0, 0.1) is 6.92 Å². The molecule has 0 amide bonds. The minimum absolute atomic E-state index is 0.138. The molecule has 1 saturated heterocycles. The van der Waals surface area contributed by atoms with Crippen LogP contribution in [0.5, 0.6) is 5.75 Å². The Morgan fingerprint density at radius 3 is 3.00 bits per heavy atom. The first kappa shape index (κ1) is 12.9. The van der Waals surface area contributed by atoms with Gasteiger partial charge in [-0.2, -0.15) is 0 Å². The fraction of sp³-hybridized carbons (Fsp3) is 0.500. The summed E-state index contributed by atoms with van der Waals surface area (Å²) in [5.74, 6) is 0.587. The molecular formula is C14H19NO3. The zero-order chi connectivity index (χ0) is 13.0. The fourth-order valence-corrected chi connectivity index (χ4v) is 2.16. The van der Waals surface area contributed by atoms with Crippen LogP contribution in [0.15, 0.2) is 18.2 Å². The molecule has 4 heteroatoms.